The monoisotopic (exact) mass is 1110 g/mol. The SMILES string of the molecule is CC/C=C\C/C=C\C/C=C\C/C=C\C/C=C\C/C=C\C/C=C\C/C=C\CCCCCCC(=O)OC(COC(=O)CCCCCCCCCCCCCCC/C=C\C/C=C\C/C=C\C/C=C\C/C=C\CC)COP(=O)(O)OCCN. The van der Waals surface area contributed by atoms with Crippen LogP contribution in [0.15, 0.2) is 158 Å². The number of phosphoric ester groups is 1. The van der Waals surface area contributed by atoms with Crippen LogP contribution < -0.4 is 5.73 Å². The molecule has 0 aliphatic carbocycles. The van der Waals surface area contributed by atoms with Gasteiger partial charge in [0.2, 0.25) is 0 Å². The smallest absolute Gasteiger partial charge is 0.462 e. The number of esters is 2. The second kappa shape index (κ2) is 62.8. The van der Waals surface area contributed by atoms with Crippen LogP contribution in [-0.2, 0) is 32.7 Å². The molecule has 0 fully saturated rings. The topological polar surface area (TPSA) is 134 Å². The fourth-order valence-electron chi connectivity index (χ4n) is 7.91. The van der Waals surface area contributed by atoms with E-state index in [2.05, 4.69) is 172 Å². The summed E-state index contributed by atoms with van der Waals surface area (Å²) in [5, 5.41) is 0. The number of allylic oxidation sites excluding steroid dienone is 26. The number of carbonyl (C=O) groups excluding carboxylic acids is 2. The van der Waals surface area contributed by atoms with Gasteiger partial charge in [-0.05, 0) is 122 Å². The van der Waals surface area contributed by atoms with Gasteiger partial charge in [-0.15, -0.1) is 0 Å². The van der Waals surface area contributed by atoms with Crippen molar-refractivity contribution in [1.29, 1.82) is 0 Å². The van der Waals surface area contributed by atoms with Crippen molar-refractivity contribution in [3.05, 3.63) is 158 Å². The number of carbonyl (C=O) groups is 2. The van der Waals surface area contributed by atoms with Crippen molar-refractivity contribution in [3.63, 3.8) is 0 Å². The zero-order valence-corrected chi connectivity index (χ0v) is 50.7. The van der Waals surface area contributed by atoms with Crippen molar-refractivity contribution in [2.45, 2.75) is 238 Å². The molecule has 0 aliphatic heterocycles. The van der Waals surface area contributed by atoms with Gasteiger partial charge in [0.15, 0.2) is 6.10 Å². The minimum atomic E-state index is -4.41. The molecule has 0 heterocycles. The summed E-state index contributed by atoms with van der Waals surface area (Å²) in [4.78, 5) is 35.3. The van der Waals surface area contributed by atoms with Gasteiger partial charge in [-0.3, -0.25) is 18.6 Å². The maximum absolute atomic E-state index is 12.7. The zero-order chi connectivity index (χ0) is 57.3. The van der Waals surface area contributed by atoms with Crippen LogP contribution in [0.5, 0.6) is 0 Å². The summed E-state index contributed by atoms with van der Waals surface area (Å²) in [6, 6.07) is 0. The van der Waals surface area contributed by atoms with E-state index >= 15 is 0 Å². The van der Waals surface area contributed by atoms with Gasteiger partial charge in [0.1, 0.15) is 6.61 Å². The summed E-state index contributed by atoms with van der Waals surface area (Å²) < 4.78 is 33.1. The Morgan fingerprint density at radius 1 is 0.380 bits per heavy atom. The van der Waals surface area contributed by atoms with Gasteiger partial charge >= 0.3 is 19.8 Å². The molecule has 0 saturated carbocycles. The van der Waals surface area contributed by atoms with Crippen LogP contribution in [-0.4, -0.2) is 49.3 Å². The van der Waals surface area contributed by atoms with Crippen LogP contribution in [0.3, 0.4) is 0 Å². The van der Waals surface area contributed by atoms with Crippen molar-refractivity contribution in [2.24, 2.45) is 5.73 Å². The van der Waals surface area contributed by atoms with Gasteiger partial charge in [0.25, 0.3) is 0 Å². The first-order valence-electron chi connectivity index (χ1n) is 31.0. The van der Waals surface area contributed by atoms with Gasteiger partial charge < -0.3 is 20.1 Å². The molecule has 0 rings (SSSR count). The molecule has 79 heavy (non-hydrogen) atoms. The number of nitrogens with two attached hydrogens (primary N) is 1. The van der Waals surface area contributed by atoms with E-state index in [4.69, 9.17) is 24.3 Å². The standard InChI is InChI=1S/C69H112NO8P/c1-3-5-7-9-11-13-15-17-19-21-23-25-27-29-31-33-35-37-39-41-43-45-47-49-51-53-55-57-59-61-68(71)75-65-67(66-77-79(73,74)76-64-63-70)78-69(72)62-60-58-56-54-52-50-48-46-44-42-40-38-36-34-32-30-28-26-24-22-20-18-16-14-12-10-8-6-4-2/h5-8,11-14,17-20,23-26,29-32,36,38,42,44,48,50,67H,3-4,9-10,15-16,21-22,27-28,33-35,37,39-41,43,45-47,49,51-66,70H2,1-2H3,(H,73,74)/b7-5-,8-6-,13-11-,14-12-,19-17-,20-18-,25-23-,26-24-,31-29-,32-30-,38-36-,44-42-,50-48-. The maximum atomic E-state index is 12.7. The highest BCUT2D eigenvalue weighted by Gasteiger charge is 2.26. The molecule has 0 spiro atoms. The zero-order valence-electron chi connectivity index (χ0n) is 49.8. The highest BCUT2D eigenvalue weighted by molar-refractivity contribution is 7.47. The number of unbranched alkanes of at least 4 members (excludes halogenated alkanes) is 17. The Bertz CT molecular complexity index is 1850. The molecule has 0 saturated heterocycles. The number of hydrogen-bond acceptors (Lipinski definition) is 8. The molecule has 0 radical (unpaired) electrons. The van der Waals surface area contributed by atoms with Crippen molar-refractivity contribution in [1.82, 2.24) is 0 Å². The molecule has 446 valence electrons. The van der Waals surface area contributed by atoms with E-state index in [1.54, 1.807) is 0 Å². The lowest BCUT2D eigenvalue weighted by molar-refractivity contribution is -0.161. The Morgan fingerprint density at radius 2 is 0.658 bits per heavy atom. The average Bonchev–Trinajstić information content (AvgIpc) is 3.44. The Hall–Kier alpha value is -4.37. The van der Waals surface area contributed by atoms with E-state index in [9.17, 15) is 19.0 Å². The Labute approximate surface area is 483 Å². The van der Waals surface area contributed by atoms with Crippen molar-refractivity contribution < 1.29 is 37.6 Å². The van der Waals surface area contributed by atoms with E-state index in [0.29, 0.717) is 6.42 Å². The van der Waals surface area contributed by atoms with E-state index in [1.165, 1.54) is 64.2 Å². The van der Waals surface area contributed by atoms with Crippen molar-refractivity contribution in [3.8, 4) is 0 Å². The summed E-state index contributed by atoms with van der Waals surface area (Å²) in [5.74, 6) is -0.868. The summed E-state index contributed by atoms with van der Waals surface area (Å²) in [6.45, 7) is 3.47. The molecule has 0 aromatic rings. The molecule has 2 unspecified atom stereocenters. The molecule has 0 bridgehead atoms. The molecule has 3 N–H and O–H groups in total. The van der Waals surface area contributed by atoms with Gasteiger partial charge in [-0.1, -0.05) is 255 Å². The van der Waals surface area contributed by atoms with Crippen molar-refractivity contribution >= 4 is 19.8 Å². The molecular weight excluding hydrogens is 1000 g/mol. The van der Waals surface area contributed by atoms with Crippen LogP contribution >= 0.6 is 7.82 Å². The van der Waals surface area contributed by atoms with E-state index in [0.717, 1.165) is 135 Å². The minimum Gasteiger partial charge on any atom is -0.462 e. The fraction of sp³-hybridized carbons (Fsp3) is 0.594. The molecule has 10 heteroatoms. The fourth-order valence-corrected chi connectivity index (χ4v) is 8.68. The molecule has 0 aliphatic rings. The largest absolute Gasteiger partial charge is 0.472 e. The predicted molar refractivity (Wildman–Crippen MR) is 339 cm³/mol. The molecule has 2 atom stereocenters. The molecule has 0 amide bonds. The van der Waals surface area contributed by atoms with Crippen LogP contribution in [0, 0.1) is 0 Å². The quantitative estimate of drug-likeness (QED) is 0.0264. The highest BCUT2D eigenvalue weighted by atomic mass is 31.2. The van der Waals surface area contributed by atoms with Crippen molar-refractivity contribution in [2.75, 3.05) is 26.4 Å². The van der Waals surface area contributed by atoms with E-state index in [1.807, 2.05) is 0 Å². The highest BCUT2D eigenvalue weighted by Crippen LogP contribution is 2.43. The lowest BCUT2D eigenvalue weighted by atomic mass is 10.0. The second-order valence-electron chi connectivity index (χ2n) is 19.8. The average molecular weight is 1110 g/mol. The molecular formula is C69H112NO8P. The van der Waals surface area contributed by atoms with Crippen LogP contribution in [0.4, 0.5) is 0 Å². The molecule has 0 aromatic carbocycles. The summed E-state index contributed by atoms with van der Waals surface area (Å²) in [7, 11) is -4.41. The normalized spacial score (nSPS) is 14.1. The first-order chi connectivity index (χ1) is 38.8. The first kappa shape index (κ1) is 74.6. The van der Waals surface area contributed by atoms with Crippen LogP contribution in [0.2, 0.25) is 0 Å². The van der Waals surface area contributed by atoms with E-state index in [-0.39, 0.29) is 32.6 Å². The number of ether oxygens (including phenoxy) is 2. The molecule has 0 aromatic heterocycles. The van der Waals surface area contributed by atoms with Gasteiger partial charge in [-0.25, -0.2) is 4.57 Å². The second-order valence-corrected chi connectivity index (χ2v) is 21.3. The van der Waals surface area contributed by atoms with Gasteiger partial charge in [0.05, 0.1) is 13.2 Å². The predicted octanol–water partition coefficient (Wildman–Crippen LogP) is 20.1. The summed E-state index contributed by atoms with van der Waals surface area (Å²) in [5.41, 5.74) is 5.39. The summed E-state index contributed by atoms with van der Waals surface area (Å²) >= 11 is 0. The number of hydrogen-bond donors (Lipinski definition) is 2. The first-order valence-corrected chi connectivity index (χ1v) is 32.5. The summed E-state index contributed by atoms with van der Waals surface area (Å²) in [6.07, 6.45) is 91.6. The lowest BCUT2D eigenvalue weighted by Crippen LogP contribution is -2.29. The number of rotatable bonds is 56. The maximum Gasteiger partial charge on any atom is 0.472 e. The van der Waals surface area contributed by atoms with Crippen LogP contribution in [0.1, 0.15) is 232 Å². The Kier molecular flexibility index (Phi) is 59.3. The third-order valence-electron chi connectivity index (χ3n) is 12.4. The Balaban J connectivity index is 4.06. The van der Waals surface area contributed by atoms with Gasteiger partial charge in [-0.2, -0.15) is 0 Å². The molecule has 9 nitrogen and oxygen atoms in total. The lowest BCUT2D eigenvalue weighted by Gasteiger charge is -2.19. The van der Waals surface area contributed by atoms with E-state index < -0.39 is 32.5 Å². The minimum absolute atomic E-state index is 0.0402. The third-order valence-corrected chi connectivity index (χ3v) is 13.4. The third kappa shape index (κ3) is 62.7. The number of phosphoric acid groups is 1. The Morgan fingerprint density at radius 3 is 0.975 bits per heavy atom. The van der Waals surface area contributed by atoms with Gasteiger partial charge in [0, 0.05) is 19.4 Å². The van der Waals surface area contributed by atoms with Crippen LogP contribution in [0.25, 0.3) is 0 Å².